The third-order valence-corrected chi connectivity index (χ3v) is 2.66. The minimum atomic E-state index is -0.737. The highest BCUT2D eigenvalue weighted by atomic mass is 28.2. The van der Waals surface area contributed by atoms with Gasteiger partial charge in [0.15, 0.2) is 0 Å². The summed E-state index contributed by atoms with van der Waals surface area (Å²) in [4.78, 5) is 11.0. The highest BCUT2D eigenvalue weighted by Crippen LogP contribution is 1.96. The molecule has 0 unspecified atom stereocenters. The number of carbonyl (C=O) groups is 1. The van der Waals surface area contributed by atoms with Crippen LogP contribution in [-0.4, -0.2) is 15.7 Å². The van der Waals surface area contributed by atoms with Gasteiger partial charge < -0.3 is 4.43 Å². The van der Waals surface area contributed by atoms with Crippen LogP contribution in [0.2, 0.25) is 0 Å². The number of hydrogen-bond donors (Lipinski definition) is 0. The van der Waals surface area contributed by atoms with Crippen molar-refractivity contribution in [3.8, 4) is 0 Å². The second-order valence-electron chi connectivity index (χ2n) is 3.40. The summed E-state index contributed by atoms with van der Waals surface area (Å²) in [5.74, 6) is -0.0525. The van der Waals surface area contributed by atoms with Gasteiger partial charge in [-0.05, 0) is 6.42 Å². The molecule has 76 valence electrons. The molecule has 0 fully saturated rings. The minimum absolute atomic E-state index is 0.0107. The lowest BCUT2D eigenvalue weighted by atomic mass is 10.2. The normalized spacial score (nSPS) is 12.0. The third kappa shape index (κ3) is 7.78. The van der Waals surface area contributed by atoms with E-state index < -0.39 is 9.76 Å². The molecule has 0 aromatic rings. The summed E-state index contributed by atoms with van der Waals surface area (Å²) in [6.07, 6.45) is 5.69. The molecule has 0 aliphatic rings. The molecule has 3 heteroatoms. The Balaban J connectivity index is 3.34. The summed E-state index contributed by atoms with van der Waals surface area (Å²) in [6.45, 7) is 5.89. The summed E-state index contributed by atoms with van der Waals surface area (Å²) in [5, 5.41) is 0. The van der Waals surface area contributed by atoms with E-state index in [0.717, 1.165) is 6.42 Å². The zero-order valence-corrected chi connectivity index (χ0v) is 10.3. The summed E-state index contributed by atoms with van der Waals surface area (Å²) in [6, 6.07) is 0. The number of hydrogen-bond acceptors (Lipinski definition) is 2. The lowest BCUT2D eigenvalue weighted by Crippen LogP contribution is -2.13. The topological polar surface area (TPSA) is 26.3 Å². The number of unbranched alkanes of at least 4 members (excludes halogenated alkanes) is 2. The molecule has 0 aliphatic heterocycles. The van der Waals surface area contributed by atoms with E-state index in [9.17, 15) is 4.79 Å². The lowest BCUT2D eigenvalue weighted by molar-refractivity contribution is -0.137. The van der Waals surface area contributed by atoms with Gasteiger partial charge in [-0.15, -0.1) is 0 Å². The first-order valence-corrected chi connectivity index (χ1v) is 6.39. The predicted octanol–water partition coefficient (Wildman–Crippen LogP) is 1.97. The number of carbonyl (C=O) groups excluding carboxylic acids is 1. The average Bonchev–Trinajstić information content (AvgIpc) is 2.10. The Morgan fingerprint density at radius 3 is 2.77 bits per heavy atom. The molecule has 0 atom stereocenters. The fraction of sp³-hybridized carbons (Fsp3) is 0.700. The Kier molecular flexibility index (Phi) is 7.69. The molecule has 0 rings (SSSR count). The van der Waals surface area contributed by atoms with Crippen LogP contribution in [0.3, 0.4) is 0 Å². The van der Waals surface area contributed by atoms with Crippen molar-refractivity contribution >= 4 is 15.7 Å². The summed E-state index contributed by atoms with van der Waals surface area (Å²) >= 11 is 0. The van der Waals surface area contributed by atoms with Crippen LogP contribution < -0.4 is 0 Å². The summed E-state index contributed by atoms with van der Waals surface area (Å²) < 4.78 is 5.10. The van der Waals surface area contributed by atoms with Gasteiger partial charge in [0.1, 0.15) is 0 Å². The molecule has 0 aromatic heterocycles. The van der Waals surface area contributed by atoms with Crippen molar-refractivity contribution in [3.63, 3.8) is 0 Å². The Labute approximate surface area is 83.3 Å². The standard InChI is InChI=1S/C10H20O2Si/c1-4-5-6-7-8-13-12-10(11)9(2)3/h7-9H,4-6,13H2,1-3H3. The van der Waals surface area contributed by atoms with Crippen LogP contribution in [0.4, 0.5) is 0 Å². The molecule has 13 heavy (non-hydrogen) atoms. The molecule has 0 radical (unpaired) electrons. The van der Waals surface area contributed by atoms with Gasteiger partial charge in [0.25, 0.3) is 5.97 Å². The van der Waals surface area contributed by atoms with Crippen LogP contribution in [0.15, 0.2) is 11.8 Å². The Morgan fingerprint density at radius 2 is 2.23 bits per heavy atom. The molecule has 0 aromatic carbocycles. The molecule has 0 aliphatic carbocycles. The van der Waals surface area contributed by atoms with E-state index in [2.05, 4.69) is 18.7 Å². The summed E-state index contributed by atoms with van der Waals surface area (Å²) in [7, 11) is -0.737. The van der Waals surface area contributed by atoms with Gasteiger partial charge in [-0.2, -0.15) is 0 Å². The van der Waals surface area contributed by atoms with Crippen molar-refractivity contribution in [1.82, 2.24) is 0 Å². The van der Waals surface area contributed by atoms with E-state index in [1.165, 1.54) is 12.8 Å². The van der Waals surface area contributed by atoms with Crippen molar-refractivity contribution < 1.29 is 9.22 Å². The van der Waals surface area contributed by atoms with Crippen molar-refractivity contribution in [2.24, 2.45) is 5.92 Å². The molecule has 0 saturated carbocycles. The summed E-state index contributed by atoms with van der Waals surface area (Å²) in [5.41, 5.74) is 2.05. The van der Waals surface area contributed by atoms with Crippen LogP contribution in [0.5, 0.6) is 0 Å². The highest BCUT2D eigenvalue weighted by Gasteiger charge is 2.05. The highest BCUT2D eigenvalue weighted by molar-refractivity contribution is 6.37. The molecule has 0 heterocycles. The third-order valence-electron chi connectivity index (χ3n) is 1.68. The number of allylic oxidation sites excluding steroid dienone is 1. The quantitative estimate of drug-likeness (QED) is 0.484. The predicted molar refractivity (Wildman–Crippen MR) is 58.1 cm³/mol. The van der Waals surface area contributed by atoms with Crippen molar-refractivity contribution in [2.45, 2.75) is 40.0 Å². The molecule has 0 N–H and O–H groups in total. The Bertz CT molecular complexity index is 164. The largest absolute Gasteiger partial charge is 0.521 e. The van der Waals surface area contributed by atoms with E-state index in [4.69, 9.17) is 4.43 Å². The monoisotopic (exact) mass is 200 g/mol. The van der Waals surface area contributed by atoms with Gasteiger partial charge in [0.2, 0.25) is 9.76 Å². The average molecular weight is 200 g/mol. The molecule has 0 amide bonds. The van der Waals surface area contributed by atoms with E-state index in [1.54, 1.807) is 0 Å². The second kappa shape index (κ2) is 8.04. The molecule has 2 nitrogen and oxygen atoms in total. The number of rotatable bonds is 6. The fourth-order valence-electron chi connectivity index (χ4n) is 0.805. The molecule has 0 spiro atoms. The maximum Gasteiger partial charge on any atom is 0.294 e. The van der Waals surface area contributed by atoms with Crippen molar-refractivity contribution in [3.05, 3.63) is 11.8 Å². The second-order valence-corrected chi connectivity index (χ2v) is 4.49. The minimum Gasteiger partial charge on any atom is -0.521 e. The van der Waals surface area contributed by atoms with E-state index in [0.29, 0.717) is 0 Å². The molecule has 0 saturated heterocycles. The molecule has 0 bridgehead atoms. The Hall–Kier alpha value is -0.573. The van der Waals surface area contributed by atoms with Crippen LogP contribution >= 0.6 is 0 Å². The first-order valence-electron chi connectivity index (χ1n) is 5.00. The van der Waals surface area contributed by atoms with Gasteiger partial charge in [-0.3, -0.25) is 4.79 Å². The van der Waals surface area contributed by atoms with Gasteiger partial charge in [0.05, 0.1) is 0 Å². The van der Waals surface area contributed by atoms with Gasteiger partial charge in [0, 0.05) is 5.92 Å². The Morgan fingerprint density at radius 1 is 1.54 bits per heavy atom. The zero-order valence-electron chi connectivity index (χ0n) is 8.88. The van der Waals surface area contributed by atoms with Crippen LogP contribution in [0.25, 0.3) is 0 Å². The maximum absolute atomic E-state index is 11.0. The first-order chi connectivity index (χ1) is 6.18. The van der Waals surface area contributed by atoms with Gasteiger partial charge in [-0.1, -0.05) is 45.4 Å². The maximum atomic E-state index is 11.0. The van der Waals surface area contributed by atoms with Gasteiger partial charge >= 0.3 is 0 Å². The lowest BCUT2D eigenvalue weighted by Gasteiger charge is -2.03. The molecular weight excluding hydrogens is 180 g/mol. The van der Waals surface area contributed by atoms with E-state index >= 15 is 0 Å². The first kappa shape index (κ1) is 12.4. The van der Waals surface area contributed by atoms with E-state index in [-0.39, 0.29) is 11.9 Å². The smallest absolute Gasteiger partial charge is 0.294 e. The fourth-order valence-corrected chi connectivity index (χ4v) is 1.77. The van der Waals surface area contributed by atoms with Crippen molar-refractivity contribution in [1.29, 1.82) is 0 Å². The zero-order chi connectivity index (χ0) is 10.1. The van der Waals surface area contributed by atoms with Crippen LogP contribution in [0, 0.1) is 5.92 Å². The van der Waals surface area contributed by atoms with Gasteiger partial charge in [-0.25, -0.2) is 0 Å². The SMILES string of the molecule is CCCCC=C[SiH2]OC(=O)C(C)C. The van der Waals surface area contributed by atoms with Crippen molar-refractivity contribution in [2.75, 3.05) is 0 Å². The van der Waals surface area contributed by atoms with Crippen LogP contribution in [-0.2, 0) is 9.22 Å². The molecular formula is C10H20O2Si. The van der Waals surface area contributed by atoms with Crippen LogP contribution in [0.1, 0.15) is 40.0 Å². The van der Waals surface area contributed by atoms with E-state index in [1.807, 2.05) is 13.8 Å².